The molecule has 6 heteroatoms. The van der Waals surface area contributed by atoms with Gasteiger partial charge in [0.2, 0.25) is 5.95 Å². The van der Waals surface area contributed by atoms with Crippen LogP contribution in [0.25, 0.3) is 0 Å². The molecule has 1 aromatic carbocycles. The third kappa shape index (κ3) is 4.55. The molecule has 150 valence electrons. The van der Waals surface area contributed by atoms with Crippen LogP contribution < -0.4 is 15.4 Å². The van der Waals surface area contributed by atoms with E-state index in [0.29, 0.717) is 31.1 Å². The minimum Gasteiger partial charge on any atom is -0.378 e. The highest BCUT2D eigenvalue weighted by atomic mass is 16.5. The van der Waals surface area contributed by atoms with Crippen molar-refractivity contribution in [1.29, 1.82) is 0 Å². The van der Waals surface area contributed by atoms with Gasteiger partial charge >= 0.3 is 0 Å². The van der Waals surface area contributed by atoms with Crippen molar-refractivity contribution >= 4 is 11.8 Å². The van der Waals surface area contributed by atoms with Crippen molar-refractivity contribution in [1.82, 2.24) is 9.97 Å². The van der Waals surface area contributed by atoms with Crippen LogP contribution in [0.1, 0.15) is 31.7 Å². The first-order valence-corrected chi connectivity index (χ1v) is 10.4. The first kappa shape index (κ1) is 19.0. The highest BCUT2D eigenvalue weighted by Crippen LogP contribution is 2.28. The van der Waals surface area contributed by atoms with E-state index in [-0.39, 0.29) is 5.56 Å². The van der Waals surface area contributed by atoms with E-state index in [1.54, 1.807) is 6.07 Å². The van der Waals surface area contributed by atoms with Gasteiger partial charge in [0.15, 0.2) is 0 Å². The molecule has 0 saturated carbocycles. The summed E-state index contributed by atoms with van der Waals surface area (Å²) < 4.78 is 5.44. The van der Waals surface area contributed by atoms with Gasteiger partial charge in [-0.1, -0.05) is 37.3 Å². The van der Waals surface area contributed by atoms with Crippen molar-refractivity contribution in [2.45, 2.75) is 38.6 Å². The number of aromatic nitrogens is 2. The minimum atomic E-state index is -0.0813. The lowest BCUT2D eigenvalue weighted by molar-refractivity contribution is 0.122. The van der Waals surface area contributed by atoms with Gasteiger partial charge in [0.25, 0.3) is 5.56 Å². The predicted molar refractivity (Wildman–Crippen MR) is 112 cm³/mol. The van der Waals surface area contributed by atoms with Crippen LogP contribution in [-0.2, 0) is 11.2 Å². The number of hydrogen-bond donors (Lipinski definition) is 1. The number of hydrogen-bond acceptors (Lipinski definition) is 5. The van der Waals surface area contributed by atoms with Crippen molar-refractivity contribution in [2.75, 3.05) is 42.6 Å². The highest BCUT2D eigenvalue weighted by Gasteiger charge is 2.27. The number of H-pyrrole nitrogens is 1. The second-order valence-corrected chi connectivity index (χ2v) is 8.05. The molecule has 2 aliphatic heterocycles. The summed E-state index contributed by atoms with van der Waals surface area (Å²) in [5.74, 6) is 2.15. The molecule has 1 N–H and O–H groups in total. The summed E-state index contributed by atoms with van der Waals surface area (Å²) in [5, 5.41) is 0. The second-order valence-electron chi connectivity index (χ2n) is 8.05. The second kappa shape index (κ2) is 8.78. The third-order valence-corrected chi connectivity index (χ3v) is 5.85. The Morgan fingerprint density at radius 2 is 1.96 bits per heavy atom. The molecule has 2 aliphatic rings. The van der Waals surface area contributed by atoms with E-state index < -0.39 is 0 Å². The van der Waals surface area contributed by atoms with Crippen molar-refractivity contribution < 1.29 is 4.74 Å². The van der Waals surface area contributed by atoms with E-state index in [4.69, 9.17) is 9.72 Å². The van der Waals surface area contributed by atoms with Gasteiger partial charge in [-0.05, 0) is 37.2 Å². The van der Waals surface area contributed by atoms with Gasteiger partial charge in [-0.3, -0.25) is 9.78 Å². The van der Waals surface area contributed by atoms with Crippen molar-refractivity contribution in [3.05, 3.63) is 52.3 Å². The van der Waals surface area contributed by atoms with Crippen LogP contribution in [0.5, 0.6) is 0 Å². The van der Waals surface area contributed by atoms with Crippen LogP contribution in [0.4, 0.5) is 11.8 Å². The van der Waals surface area contributed by atoms with E-state index >= 15 is 0 Å². The molecule has 6 nitrogen and oxygen atoms in total. The Balaban J connectivity index is 1.63. The SMILES string of the molecule is CC1CCCN(c2nc(N3CCOCC3)cc(=O)[nH]2)C(Cc2ccccc2)C1. The molecule has 2 unspecified atom stereocenters. The highest BCUT2D eigenvalue weighted by molar-refractivity contribution is 5.45. The maximum Gasteiger partial charge on any atom is 0.254 e. The van der Waals surface area contributed by atoms with E-state index in [1.165, 1.54) is 12.0 Å². The van der Waals surface area contributed by atoms with Gasteiger partial charge in [0.1, 0.15) is 5.82 Å². The maximum atomic E-state index is 12.4. The van der Waals surface area contributed by atoms with Gasteiger partial charge in [-0.15, -0.1) is 0 Å². The molecule has 1 aromatic heterocycles. The van der Waals surface area contributed by atoms with Crippen LogP contribution in [0.3, 0.4) is 0 Å². The first-order chi connectivity index (χ1) is 13.7. The lowest BCUT2D eigenvalue weighted by Gasteiger charge is -2.33. The molecule has 2 fully saturated rings. The fourth-order valence-corrected chi connectivity index (χ4v) is 4.38. The zero-order chi connectivity index (χ0) is 19.3. The van der Waals surface area contributed by atoms with E-state index in [2.05, 4.69) is 52.0 Å². The molecule has 2 saturated heterocycles. The Morgan fingerprint density at radius 1 is 1.18 bits per heavy atom. The first-order valence-electron chi connectivity index (χ1n) is 10.4. The summed E-state index contributed by atoms with van der Waals surface area (Å²) in [4.78, 5) is 24.8. The van der Waals surface area contributed by atoms with Crippen LogP contribution in [-0.4, -0.2) is 48.9 Å². The average Bonchev–Trinajstić information content (AvgIpc) is 2.90. The zero-order valence-corrected chi connectivity index (χ0v) is 16.6. The van der Waals surface area contributed by atoms with Gasteiger partial charge in [-0.25, -0.2) is 0 Å². The Hall–Kier alpha value is -2.34. The zero-order valence-electron chi connectivity index (χ0n) is 16.6. The van der Waals surface area contributed by atoms with Gasteiger partial charge in [0, 0.05) is 31.7 Å². The molecule has 3 heterocycles. The van der Waals surface area contributed by atoms with Gasteiger partial charge in [-0.2, -0.15) is 4.98 Å². The van der Waals surface area contributed by atoms with Crippen molar-refractivity contribution in [3.8, 4) is 0 Å². The Kier molecular flexibility index (Phi) is 5.95. The summed E-state index contributed by atoms with van der Waals surface area (Å²) in [7, 11) is 0. The number of nitrogens with one attached hydrogen (secondary N) is 1. The molecule has 4 rings (SSSR count). The molecular formula is C22H30N4O2. The quantitative estimate of drug-likeness (QED) is 0.881. The smallest absolute Gasteiger partial charge is 0.254 e. The monoisotopic (exact) mass is 382 g/mol. The average molecular weight is 383 g/mol. The molecule has 2 atom stereocenters. The number of rotatable bonds is 4. The normalized spacial score (nSPS) is 23.5. The Morgan fingerprint density at radius 3 is 2.75 bits per heavy atom. The lowest BCUT2D eigenvalue weighted by atomic mass is 9.94. The van der Waals surface area contributed by atoms with Crippen LogP contribution in [0, 0.1) is 5.92 Å². The lowest BCUT2D eigenvalue weighted by Crippen LogP contribution is -2.41. The van der Waals surface area contributed by atoms with Crippen LogP contribution in [0.2, 0.25) is 0 Å². The molecule has 2 aromatic rings. The van der Waals surface area contributed by atoms with E-state index in [0.717, 1.165) is 44.7 Å². The number of ether oxygens (including phenoxy) is 1. The topological polar surface area (TPSA) is 61.5 Å². The number of anilines is 2. The van der Waals surface area contributed by atoms with Crippen LogP contribution >= 0.6 is 0 Å². The summed E-state index contributed by atoms with van der Waals surface area (Å²) >= 11 is 0. The number of morpholine rings is 1. The number of nitrogens with zero attached hydrogens (tertiary/aromatic N) is 3. The Labute approximate surface area is 166 Å². The standard InChI is InChI=1S/C22H30N4O2/c1-17-6-5-9-26(19(14-17)15-18-7-3-2-4-8-18)22-23-20(16-21(27)24-22)25-10-12-28-13-11-25/h2-4,7-8,16-17,19H,5-6,9-15H2,1H3,(H,23,24,27). The van der Waals surface area contributed by atoms with E-state index in [1.807, 2.05) is 0 Å². The van der Waals surface area contributed by atoms with Crippen molar-refractivity contribution in [3.63, 3.8) is 0 Å². The number of aromatic amines is 1. The fourth-order valence-electron chi connectivity index (χ4n) is 4.38. The molecule has 0 spiro atoms. The van der Waals surface area contributed by atoms with Gasteiger partial charge < -0.3 is 14.5 Å². The van der Waals surface area contributed by atoms with Crippen molar-refractivity contribution in [2.24, 2.45) is 5.92 Å². The molecule has 28 heavy (non-hydrogen) atoms. The summed E-state index contributed by atoms with van der Waals surface area (Å²) in [6, 6.07) is 12.6. The summed E-state index contributed by atoms with van der Waals surface area (Å²) in [5.41, 5.74) is 1.25. The molecule has 0 amide bonds. The molecule has 0 aliphatic carbocycles. The minimum absolute atomic E-state index is 0.0813. The predicted octanol–water partition coefficient (Wildman–Crippen LogP) is 2.84. The molecule has 0 bridgehead atoms. The Bertz CT molecular complexity index is 817. The van der Waals surface area contributed by atoms with Crippen LogP contribution in [0.15, 0.2) is 41.2 Å². The molecule has 0 radical (unpaired) electrons. The fraction of sp³-hybridized carbons (Fsp3) is 0.545. The largest absolute Gasteiger partial charge is 0.378 e. The maximum absolute atomic E-state index is 12.4. The number of benzene rings is 1. The molecular weight excluding hydrogens is 352 g/mol. The van der Waals surface area contributed by atoms with E-state index in [9.17, 15) is 4.79 Å². The summed E-state index contributed by atoms with van der Waals surface area (Å²) in [6.45, 7) is 6.18. The third-order valence-electron chi connectivity index (χ3n) is 5.85. The van der Waals surface area contributed by atoms with Gasteiger partial charge in [0.05, 0.1) is 13.2 Å². The summed E-state index contributed by atoms with van der Waals surface area (Å²) in [6.07, 6.45) is 4.42.